The van der Waals surface area contributed by atoms with Gasteiger partial charge in [0.1, 0.15) is 11.2 Å². The average Bonchev–Trinajstić information content (AvgIpc) is 2.81. The highest BCUT2D eigenvalue weighted by atomic mass is 32.2. The van der Waals surface area contributed by atoms with E-state index in [2.05, 4.69) is 23.8 Å². The van der Waals surface area contributed by atoms with E-state index in [-0.39, 0.29) is 0 Å². The number of aryl methyl sites for hydroxylation is 2. The van der Waals surface area contributed by atoms with Gasteiger partial charge >= 0.3 is 0 Å². The van der Waals surface area contributed by atoms with E-state index in [0.717, 1.165) is 27.9 Å². The van der Waals surface area contributed by atoms with Gasteiger partial charge in [-0.1, -0.05) is 19.1 Å². The Bertz CT molecular complexity index is 942. The molecule has 2 aromatic heterocycles. The summed E-state index contributed by atoms with van der Waals surface area (Å²) in [6, 6.07) is 6.88. The van der Waals surface area contributed by atoms with Crippen LogP contribution in [0.1, 0.15) is 17.4 Å². The van der Waals surface area contributed by atoms with E-state index in [0.29, 0.717) is 4.90 Å². The van der Waals surface area contributed by atoms with Crippen LogP contribution in [0.4, 0.5) is 0 Å². The monoisotopic (exact) mass is 332 g/mol. The Labute approximate surface area is 133 Å². The number of sulfone groups is 1. The van der Waals surface area contributed by atoms with Gasteiger partial charge in [-0.2, -0.15) is 0 Å². The van der Waals surface area contributed by atoms with Crippen LogP contribution in [0.15, 0.2) is 35.5 Å². The van der Waals surface area contributed by atoms with Gasteiger partial charge in [-0.15, -0.1) is 11.3 Å². The van der Waals surface area contributed by atoms with Crippen molar-refractivity contribution in [2.24, 2.45) is 0 Å². The summed E-state index contributed by atoms with van der Waals surface area (Å²) < 4.78 is 23.1. The van der Waals surface area contributed by atoms with Gasteiger partial charge in [-0.3, -0.25) is 0 Å². The topological polar surface area (TPSA) is 59.9 Å². The second kappa shape index (κ2) is 5.44. The minimum Gasteiger partial charge on any atom is -0.236 e. The lowest BCUT2D eigenvalue weighted by Gasteiger charge is -2.06. The Morgan fingerprint density at radius 1 is 1.14 bits per heavy atom. The van der Waals surface area contributed by atoms with Crippen LogP contribution in [0.5, 0.6) is 0 Å². The van der Waals surface area contributed by atoms with Crippen molar-refractivity contribution in [2.75, 3.05) is 6.26 Å². The maximum Gasteiger partial charge on any atom is 0.175 e. The van der Waals surface area contributed by atoms with Crippen molar-refractivity contribution < 1.29 is 8.42 Å². The molecule has 6 heteroatoms. The number of hydrogen-bond acceptors (Lipinski definition) is 5. The number of nitrogens with zero attached hydrogens (tertiary/aromatic N) is 2. The van der Waals surface area contributed by atoms with Crippen molar-refractivity contribution in [1.29, 1.82) is 0 Å². The minimum absolute atomic E-state index is 0.318. The maximum atomic E-state index is 11.6. The predicted octanol–water partition coefficient (Wildman–Crippen LogP) is 3.63. The summed E-state index contributed by atoms with van der Waals surface area (Å²) in [5, 5.41) is 1.08. The van der Waals surface area contributed by atoms with Gasteiger partial charge in [0, 0.05) is 22.1 Å². The van der Waals surface area contributed by atoms with Crippen molar-refractivity contribution in [1.82, 2.24) is 9.97 Å². The fourth-order valence-corrected chi connectivity index (χ4v) is 4.32. The van der Waals surface area contributed by atoms with Crippen LogP contribution in [0, 0.1) is 6.92 Å². The third kappa shape index (κ3) is 2.53. The van der Waals surface area contributed by atoms with Crippen LogP contribution < -0.4 is 0 Å². The van der Waals surface area contributed by atoms with Crippen molar-refractivity contribution in [3.05, 3.63) is 41.0 Å². The lowest BCUT2D eigenvalue weighted by atomic mass is 10.0. The summed E-state index contributed by atoms with van der Waals surface area (Å²) in [7, 11) is -3.18. The number of aromatic nitrogens is 2. The van der Waals surface area contributed by atoms with E-state index in [1.54, 1.807) is 29.8 Å². The largest absolute Gasteiger partial charge is 0.236 e. The maximum absolute atomic E-state index is 11.6. The fourth-order valence-electron chi connectivity index (χ4n) is 2.61. The van der Waals surface area contributed by atoms with Gasteiger partial charge in [0.15, 0.2) is 9.84 Å². The normalized spacial score (nSPS) is 12.0. The van der Waals surface area contributed by atoms with Crippen molar-refractivity contribution >= 4 is 31.4 Å². The molecule has 3 rings (SSSR count). The summed E-state index contributed by atoms with van der Waals surface area (Å²) in [5.74, 6) is 0. The Morgan fingerprint density at radius 3 is 2.41 bits per heavy atom. The van der Waals surface area contributed by atoms with E-state index < -0.39 is 9.84 Å². The molecule has 0 N–H and O–H groups in total. The molecule has 0 bridgehead atoms. The first kappa shape index (κ1) is 15.1. The molecule has 0 aliphatic heterocycles. The standard InChI is InChI=1S/C16H16N2O2S2/c1-4-13-10(2)21-16-14(13)15(17-9-18-16)11-5-7-12(8-6-11)22(3,19)20/h5-9H,4H2,1-3H3. The van der Waals surface area contributed by atoms with Crippen LogP contribution >= 0.6 is 11.3 Å². The van der Waals surface area contributed by atoms with E-state index in [1.807, 2.05) is 12.1 Å². The van der Waals surface area contributed by atoms with E-state index in [1.165, 1.54) is 16.7 Å². The molecule has 1 aromatic carbocycles. The molecule has 0 saturated heterocycles. The van der Waals surface area contributed by atoms with Crippen LogP contribution in [0.3, 0.4) is 0 Å². The zero-order valence-corrected chi connectivity index (χ0v) is 14.3. The van der Waals surface area contributed by atoms with Crippen LogP contribution in [-0.4, -0.2) is 24.6 Å². The molecule has 0 fully saturated rings. The summed E-state index contributed by atoms with van der Waals surface area (Å²) in [6.45, 7) is 4.22. The predicted molar refractivity (Wildman–Crippen MR) is 90.1 cm³/mol. The molecule has 2 heterocycles. The smallest absolute Gasteiger partial charge is 0.175 e. The molecule has 0 aliphatic rings. The number of fused-ring (bicyclic) bond motifs is 1. The highest BCUT2D eigenvalue weighted by Gasteiger charge is 2.15. The third-order valence-electron chi connectivity index (χ3n) is 3.70. The Hall–Kier alpha value is -1.79. The molecular formula is C16H16N2O2S2. The van der Waals surface area contributed by atoms with Crippen molar-refractivity contribution in [3.8, 4) is 11.3 Å². The second-order valence-electron chi connectivity index (χ2n) is 5.19. The quantitative estimate of drug-likeness (QED) is 0.735. The highest BCUT2D eigenvalue weighted by molar-refractivity contribution is 7.90. The summed E-state index contributed by atoms with van der Waals surface area (Å²) in [5.41, 5.74) is 3.04. The van der Waals surface area contributed by atoms with Gasteiger partial charge in [0.25, 0.3) is 0 Å². The van der Waals surface area contributed by atoms with Gasteiger partial charge < -0.3 is 0 Å². The molecule has 0 radical (unpaired) electrons. The third-order valence-corrected chi connectivity index (χ3v) is 5.88. The summed E-state index contributed by atoms with van der Waals surface area (Å²) in [6.07, 6.45) is 3.70. The van der Waals surface area contributed by atoms with Gasteiger partial charge in [-0.25, -0.2) is 18.4 Å². The fraction of sp³-hybridized carbons (Fsp3) is 0.250. The Kier molecular flexibility index (Phi) is 3.74. The molecule has 0 amide bonds. The SMILES string of the molecule is CCc1c(C)sc2ncnc(-c3ccc(S(C)(=O)=O)cc3)c12. The van der Waals surface area contributed by atoms with E-state index >= 15 is 0 Å². The summed E-state index contributed by atoms with van der Waals surface area (Å²) >= 11 is 1.67. The molecule has 4 nitrogen and oxygen atoms in total. The molecule has 0 atom stereocenters. The molecule has 3 aromatic rings. The second-order valence-corrected chi connectivity index (χ2v) is 8.41. The zero-order valence-electron chi connectivity index (χ0n) is 12.6. The Morgan fingerprint density at radius 2 is 1.82 bits per heavy atom. The van der Waals surface area contributed by atoms with Crippen molar-refractivity contribution in [3.63, 3.8) is 0 Å². The van der Waals surface area contributed by atoms with Gasteiger partial charge in [0.2, 0.25) is 0 Å². The zero-order chi connectivity index (χ0) is 15.9. The molecule has 0 saturated carbocycles. The highest BCUT2D eigenvalue weighted by Crippen LogP contribution is 2.35. The average molecular weight is 332 g/mol. The molecule has 0 spiro atoms. The van der Waals surface area contributed by atoms with Crippen molar-refractivity contribution in [2.45, 2.75) is 25.2 Å². The molecule has 0 unspecified atom stereocenters. The number of thiophene rings is 1. The van der Waals surface area contributed by atoms with Gasteiger partial charge in [-0.05, 0) is 31.0 Å². The minimum atomic E-state index is -3.18. The lowest BCUT2D eigenvalue weighted by Crippen LogP contribution is -1.96. The first-order chi connectivity index (χ1) is 10.4. The molecule has 114 valence electrons. The number of rotatable bonds is 3. The molecule has 22 heavy (non-hydrogen) atoms. The molecular weight excluding hydrogens is 316 g/mol. The van der Waals surface area contributed by atoms with Crippen LogP contribution in [0.25, 0.3) is 21.5 Å². The molecule has 0 aliphatic carbocycles. The van der Waals surface area contributed by atoms with Gasteiger partial charge in [0.05, 0.1) is 10.6 Å². The summed E-state index contributed by atoms with van der Waals surface area (Å²) in [4.78, 5) is 11.4. The van der Waals surface area contributed by atoms with Crippen LogP contribution in [0.2, 0.25) is 0 Å². The van der Waals surface area contributed by atoms with E-state index in [4.69, 9.17) is 0 Å². The van der Waals surface area contributed by atoms with E-state index in [9.17, 15) is 8.42 Å². The first-order valence-electron chi connectivity index (χ1n) is 6.95. The first-order valence-corrected chi connectivity index (χ1v) is 9.66. The number of hydrogen-bond donors (Lipinski definition) is 0. The number of benzene rings is 1. The Balaban J connectivity index is 2.22. The lowest BCUT2D eigenvalue weighted by molar-refractivity contribution is 0.602. The van der Waals surface area contributed by atoms with Crippen LogP contribution in [-0.2, 0) is 16.3 Å².